The van der Waals surface area contributed by atoms with E-state index in [9.17, 15) is 4.79 Å². The molecule has 0 aliphatic carbocycles. The molecular weight excluding hydrogens is 234 g/mol. The zero-order chi connectivity index (χ0) is 13.5. The van der Waals surface area contributed by atoms with E-state index >= 15 is 0 Å². The zero-order valence-corrected chi connectivity index (χ0v) is 10.9. The Hall–Kier alpha value is -1.59. The smallest absolute Gasteiger partial charge is 0.323 e. The quantitative estimate of drug-likeness (QED) is 0.792. The molecule has 0 heterocycles. The number of benzene rings is 1. The monoisotopic (exact) mass is 253 g/mol. The molecule has 1 unspecified atom stereocenters. The van der Waals surface area contributed by atoms with Crippen LogP contribution in [0, 0.1) is 0 Å². The first-order valence-corrected chi connectivity index (χ1v) is 5.63. The van der Waals surface area contributed by atoms with E-state index < -0.39 is 12.0 Å². The maximum absolute atomic E-state index is 11.1. The first kappa shape index (κ1) is 14.5. The summed E-state index contributed by atoms with van der Waals surface area (Å²) in [4.78, 5) is 12.8. The SMILES string of the molecule is COCC(C(=O)O)N(C)Cc1ccc(OC)cc1. The molecule has 1 aromatic carbocycles. The summed E-state index contributed by atoms with van der Waals surface area (Å²) in [7, 11) is 4.87. The first-order chi connectivity index (χ1) is 8.58. The summed E-state index contributed by atoms with van der Waals surface area (Å²) >= 11 is 0. The highest BCUT2D eigenvalue weighted by atomic mass is 16.5. The fourth-order valence-electron chi connectivity index (χ4n) is 1.67. The van der Waals surface area contributed by atoms with E-state index in [1.165, 1.54) is 7.11 Å². The Kier molecular flexibility index (Phi) is 5.61. The van der Waals surface area contributed by atoms with Crippen molar-refractivity contribution in [1.29, 1.82) is 0 Å². The zero-order valence-electron chi connectivity index (χ0n) is 10.9. The largest absolute Gasteiger partial charge is 0.497 e. The van der Waals surface area contributed by atoms with E-state index in [-0.39, 0.29) is 6.61 Å². The van der Waals surface area contributed by atoms with Gasteiger partial charge in [0.2, 0.25) is 0 Å². The molecule has 100 valence electrons. The van der Waals surface area contributed by atoms with E-state index in [1.54, 1.807) is 19.1 Å². The highest BCUT2D eigenvalue weighted by Crippen LogP contribution is 2.13. The van der Waals surface area contributed by atoms with Crippen molar-refractivity contribution in [3.8, 4) is 5.75 Å². The van der Waals surface area contributed by atoms with Crippen molar-refractivity contribution in [2.75, 3.05) is 27.9 Å². The standard InChI is InChI=1S/C13H19NO4/c1-14(12(9-17-2)13(15)16)8-10-4-6-11(18-3)7-5-10/h4-7,12H,8-9H2,1-3H3,(H,15,16). The van der Waals surface area contributed by atoms with Gasteiger partial charge < -0.3 is 14.6 Å². The lowest BCUT2D eigenvalue weighted by Gasteiger charge is -2.23. The van der Waals surface area contributed by atoms with Gasteiger partial charge in [0.25, 0.3) is 0 Å². The van der Waals surface area contributed by atoms with Crippen molar-refractivity contribution in [2.24, 2.45) is 0 Å². The van der Waals surface area contributed by atoms with Crippen LogP contribution in [-0.4, -0.2) is 49.9 Å². The third-order valence-corrected chi connectivity index (χ3v) is 2.73. The van der Waals surface area contributed by atoms with Crippen LogP contribution >= 0.6 is 0 Å². The summed E-state index contributed by atoms with van der Waals surface area (Å²) in [5.74, 6) is -0.0964. The van der Waals surface area contributed by atoms with Crippen LogP contribution < -0.4 is 4.74 Å². The minimum atomic E-state index is -0.882. The Morgan fingerprint density at radius 1 is 1.33 bits per heavy atom. The van der Waals surface area contributed by atoms with Crippen LogP contribution in [-0.2, 0) is 16.1 Å². The number of carboxylic acid groups (broad SMARTS) is 1. The molecule has 0 radical (unpaired) electrons. The van der Waals surface area contributed by atoms with Gasteiger partial charge in [0.05, 0.1) is 13.7 Å². The van der Waals surface area contributed by atoms with Crippen LogP contribution in [0.5, 0.6) is 5.75 Å². The maximum Gasteiger partial charge on any atom is 0.323 e. The highest BCUT2D eigenvalue weighted by molar-refractivity contribution is 5.73. The molecule has 0 aromatic heterocycles. The fourth-order valence-corrected chi connectivity index (χ4v) is 1.67. The Labute approximate surface area is 107 Å². The van der Waals surface area contributed by atoms with E-state index in [0.717, 1.165) is 11.3 Å². The second kappa shape index (κ2) is 6.98. The molecule has 1 aromatic rings. The normalized spacial score (nSPS) is 12.4. The summed E-state index contributed by atoms with van der Waals surface area (Å²) in [6.45, 7) is 0.715. The van der Waals surface area contributed by atoms with E-state index in [1.807, 2.05) is 24.3 Å². The van der Waals surface area contributed by atoms with Crippen LogP contribution in [0.3, 0.4) is 0 Å². The van der Waals surface area contributed by atoms with Gasteiger partial charge in [-0.1, -0.05) is 12.1 Å². The number of ether oxygens (including phenoxy) is 2. The lowest BCUT2D eigenvalue weighted by molar-refractivity contribution is -0.144. The molecular formula is C13H19NO4. The number of methoxy groups -OCH3 is 2. The predicted octanol–water partition coefficient (Wildman–Crippen LogP) is 1.23. The second-order valence-electron chi connectivity index (χ2n) is 4.07. The maximum atomic E-state index is 11.1. The van der Waals surface area contributed by atoms with Gasteiger partial charge in [0.1, 0.15) is 11.8 Å². The molecule has 0 aliphatic heterocycles. The Morgan fingerprint density at radius 2 is 1.94 bits per heavy atom. The van der Waals surface area contributed by atoms with Gasteiger partial charge in [-0.2, -0.15) is 0 Å². The van der Waals surface area contributed by atoms with Crippen molar-refractivity contribution in [3.05, 3.63) is 29.8 Å². The molecule has 0 saturated heterocycles. The molecule has 1 rings (SSSR count). The third-order valence-electron chi connectivity index (χ3n) is 2.73. The van der Waals surface area contributed by atoms with Gasteiger partial charge in [0.15, 0.2) is 0 Å². The topological polar surface area (TPSA) is 59.0 Å². The van der Waals surface area contributed by atoms with Gasteiger partial charge in [-0.25, -0.2) is 0 Å². The summed E-state index contributed by atoms with van der Waals surface area (Å²) in [6.07, 6.45) is 0. The van der Waals surface area contributed by atoms with E-state index in [2.05, 4.69) is 0 Å². The van der Waals surface area contributed by atoms with Gasteiger partial charge >= 0.3 is 5.97 Å². The van der Waals surface area contributed by atoms with E-state index in [4.69, 9.17) is 14.6 Å². The Bertz CT molecular complexity index is 377. The molecule has 0 saturated carbocycles. The molecule has 18 heavy (non-hydrogen) atoms. The van der Waals surface area contributed by atoms with Crippen molar-refractivity contribution in [1.82, 2.24) is 4.90 Å². The van der Waals surface area contributed by atoms with Crippen LogP contribution in [0.1, 0.15) is 5.56 Å². The number of carbonyl (C=O) groups is 1. The molecule has 0 spiro atoms. The highest BCUT2D eigenvalue weighted by Gasteiger charge is 2.22. The average molecular weight is 253 g/mol. The predicted molar refractivity (Wildman–Crippen MR) is 67.8 cm³/mol. The number of carboxylic acids is 1. The molecule has 5 nitrogen and oxygen atoms in total. The lowest BCUT2D eigenvalue weighted by atomic mass is 10.2. The molecule has 1 atom stereocenters. The first-order valence-electron chi connectivity index (χ1n) is 5.63. The lowest BCUT2D eigenvalue weighted by Crippen LogP contribution is -2.41. The number of rotatable bonds is 7. The van der Waals surface area contributed by atoms with Gasteiger partial charge in [0, 0.05) is 13.7 Å². The summed E-state index contributed by atoms with van der Waals surface area (Å²) in [5.41, 5.74) is 1.03. The minimum Gasteiger partial charge on any atom is -0.497 e. The average Bonchev–Trinajstić information content (AvgIpc) is 2.36. The molecule has 0 bridgehead atoms. The molecule has 1 N–H and O–H groups in total. The van der Waals surface area contributed by atoms with Crippen molar-refractivity contribution < 1.29 is 19.4 Å². The van der Waals surface area contributed by atoms with Crippen molar-refractivity contribution in [3.63, 3.8) is 0 Å². The number of hydrogen-bond acceptors (Lipinski definition) is 4. The fraction of sp³-hybridized carbons (Fsp3) is 0.462. The number of aliphatic carboxylic acids is 1. The van der Waals surface area contributed by atoms with Crippen LogP contribution in [0.25, 0.3) is 0 Å². The molecule has 0 amide bonds. The van der Waals surface area contributed by atoms with Gasteiger partial charge in [-0.15, -0.1) is 0 Å². The molecule has 5 heteroatoms. The summed E-state index contributed by atoms with van der Waals surface area (Å²) in [6, 6.07) is 6.91. The summed E-state index contributed by atoms with van der Waals surface area (Å²) < 4.78 is 9.99. The van der Waals surface area contributed by atoms with E-state index in [0.29, 0.717) is 6.54 Å². The number of likely N-dealkylation sites (N-methyl/N-ethyl adjacent to an activating group) is 1. The van der Waals surface area contributed by atoms with Gasteiger partial charge in [-0.3, -0.25) is 9.69 Å². The van der Waals surface area contributed by atoms with Crippen molar-refractivity contribution >= 4 is 5.97 Å². The number of nitrogens with zero attached hydrogens (tertiary/aromatic N) is 1. The van der Waals surface area contributed by atoms with Gasteiger partial charge in [-0.05, 0) is 24.7 Å². The Balaban J connectivity index is 2.66. The summed E-state index contributed by atoms with van der Waals surface area (Å²) in [5, 5.41) is 9.09. The minimum absolute atomic E-state index is 0.169. The molecule has 0 fully saturated rings. The second-order valence-corrected chi connectivity index (χ2v) is 4.07. The van der Waals surface area contributed by atoms with Crippen LogP contribution in [0.15, 0.2) is 24.3 Å². The number of hydrogen-bond donors (Lipinski definition) is 1. The van der Waals surface area contributed by atoms with Crippen LogP contribution in [0.2, 0.25) is 0 Å². The molecule has 0 aliphatic rings. The third kappa shape index (κ3) is 4.01. The Morgan fingerprint density at radius 3 is 2.39 bits per heavy atom. The van der Waals surface area contributed by atoms with Crippen molar-refractivity contribution in [2.45, 2.75) is 12.6 Å². The van der Waals surface area contributed by atoms with Crippen LogP contribution in [0.4, 0.5) is 0 Å².